The van der Waals surface area contributed by atoms with Crippen molar-refractivity contribution in [3.8, 4) is 5.75 Å². The fourth-order valence-corrected chi connectivity index (χ4v) is 3.47. The summed E-state index contributed by atoms with van der Waals surface area (Å²) in [5, 5.41) is 2.44. The first-order chi connectivity index (χ1) is 12.5. The van der Waals surface area contributed by atoms with Gasteiger partial charge in [-0.25, -0.2) is 0 Å². The molecule has 2 aromatic carbocycles. The van der Waals surface area contributed by atoms with E-state index in [1.165, 1.54) is 27.5 Å². The van der Waals surface area contributed by atoms with Crippen LogP contribution in [0.25, 0.3) is 16.8 Å². The summed E-state index contributed by atoms with van der Waals surface area (Å²) < 4.78 is 6.50. The Balaban J connectivity index is 1.67. The molecule has 1 heteroatoms. The van der Waals surface area contributed by atoms with Crippen molar-refractivity contribution in [1.82, 2.24) is 0 Å². The second-order valence-electron chi connectivity index (χ2n) is 7.86. The number of ether oxygens (including phenoxy) is 1. The summed E-state index contributed by atoms with van der Waals surface area (Å²) in [5.41, 5.74) is 3.80. The van der Waals surface area contributed by atoms with Crippen LogP contribution in [0.3, 0.4) is 0 Å². The highest BCUT2D eigenvalue weighted by Crippen LogP contribution is 2.38. The van der Waals surface area contributed by atoms with Gasteiger partial charge in [-0.3, -0.25) is 0 Å². The molecule has 0 aromatic heterocycles. The number of benzene rings is 2. The largest absolute Gasteiger partial charge is 0.482 e. The van der Waals surface area contributed by atoms with E-state index in [0.717, 1.165) is 31.4 Å². The Labute approximate surface area is 158 Å². The van der Waals surface area contributed by atoms with Crippen LogP contribution in [0.2, 0.25) is 0 Å². The van der Waals surface area contributed by atoms with Gasteiger partial charge >= 0.3 is 0 Å². The zero-order valence-electron chi connectivity index (χ0n) is 16.5. The molecule has 0 fully saturated rings. The third kappa shape index (κ3) is 4.46. The Hall–Kier alpha value is -2.28. The molecule has 1 aliphatic rings. The summed E-state index contributed by atoms with van der Waals surface area (Å²) in [6.45, 7) is 8.75. The van der Waals surface area contributed by atoms with Crippen LogP contribution in [0.5, 0.6) is 5.75 Å². The Morgan fingerprint density at radius 2 is 1.81 bits per heavy atom. The molecule has 0 saturated carbocycles. The Kier molecular flexibility index (Phi) is 5.66. The highest BCUT2D eigenvalue weighted by Gasteiger charge is 2.27. The molecule has 0 N–H and O–H groups in total. The van der Waals surface area contributed by atoms with Crippen LogP contribution in [0.4, 0.5) is 0 Å². The molecule has 1 unspecified atom stereocenters. The molecule has 1 aliphatic heterocycles. The van der Waals surface area contributed by atoms with Gasteiger partial charge in [0.05, 0.1) is 0 Å². The third-order valence-corrected chi connectivity index (χ3v) is 5.09. The summed E-state index contributed by atoms with van der Waals surface area (Å²) in [7, 11) is 0. The summed E-state index contributed by atoms with van der Waals surface area (Å²) in [5.74, 6) is 1.03. The minimum atomic E-state index is -0.242. The molecule has 0 spiro atoms. The van der Waals surface area contributed by atoms with Gasteiger partial charge in [0, 0.05) is 10.9 Å². The van der Waals surface area contributed by atoms with E-state index >= 15 is 0 Å². The van der Waals surface area contributed by atoms with Crippen LogP contribution in [0.1, 0.15) is 58.9 Å². The zero-order chi connectivity index (χ0) is 18.6. The fourth-order valence-electron chi connectivity index (χ4n) is 3.47. The van der Waals surface area contributed by atoms with Gasteiger partial charge in [0.2, 0.25) is 0 Å². The standard InChI is InChI=1S/C25H30O/c1-19(2)9-7-10-20(3)11-8-17-25(4)18-16-22-15-14-21-12-5-6-13-23(21)24(22)26-25/h5-6,9,11-16,18H,7-8,10,17H2,1-4H3/b20-11+. The van der Waals surface area contributed by atoms with Crippen molar-refractivity contribution in [3.05, 3.63) is 71.3 Å². The maximum atomic E-state index is 6.50. The van der Waals surface area contributed by atoms with Crippen molar-refractivity contribution in [2.24, 2.45) is 0 Å². The van der Waals surface area contributed by atoms with E-state index in [9.17, 15) is 0 Å². The quantitative estimate of drug-likeness (QED) is 0.493. The average molecular weight is 347 g/mol. The second-order valence-corrected chi connectivity index (χ2v) is 7.86. The van der Waals surface area contributed by atoms with Gasteiger partial charge in [-0.2, -0.15) is 0 Å². The fraction of sp³-hybridized carbons (Fsp3) is 0.360. The first-order valence-corrected chi connectivity index (χ1v) is 9.66. The maximum Gasteiger partial charge on any atom is 0.135 e. The minimum Gasteiger partial charge on any atom is -0.482 e. The molecule has 0 amide bonds. The lowest BCUT2D eigenvalue weighted by molar-refractivity contribution is 0.131. The molecule has 0 bridgehead atoms. The van der Waals surface area contributed by atoms with Crippen LogP contribution in [-0.2, 0) is 0 Å². The predicted octanol–water partition coefficient (Wildman–Crippen LogP) is 7.48. The van der Waals surface area contributed by atoms with Crippen molar-refractivity contribution in [2.45, 2.75) is 59.0 Å². The van der Waals surface area contributed by atoms with E-state index in [1.54, 1.807) is 0 Å². The highest BCUT2D eigenvalue weighted by atomic mass is 16.5. The smallest absolute Gasteiger partial charge is 0.135 e. The molecular formula is C25H30O. The first kappa shape index (κ1) is 18.5. The van der Waals surface area contributed by atoms with Crippen LogP contribution in [0, 0.1) is 0 Å². The SMILES string of the molecule is CC(C)=CCC/C(C)=C/CCC1(C)C=Cc2ccc3ccccc3c2O1. The summed E-state index contributed by atoms with van der Waals surface area (Å²) in [4.78, 5) is 0. The molecule has 1 nitrogen and oxygen atoms in total. The minimum absolute atomic E-state index is 0.242. The molecule has 0 aliphatic carbocycles. The molecule has 3 rings (SSSR count). The number of fused-ring (bicyclic) bond motifs is 3. The predicted molar refractivity (Wildman–Crippen MR) is 114 cm³/mol. The number of rotatable bonds is 6. The second kappa shape index (κ2) is 7.95. The number of hydrogen-bond acceptors (Lipinski definition) is 1. The first-order valence-electron chi connectivity index (χ1n) is 9.66. The van der Waals surface area contributed by atoms with E-state index in [-0.39, 0.29) is 5.60 Å². The van der Waals surface area contributed by atoms with Gasteiger partial charge in [-0.1, -0.05) is 65.8 Å². The Morgan fingerprint density at radius 1 is 1.00 bits per heavy atom. The van der Waals surface area contributed by atoms with E-state index in [0.29, 0.717) is 0 Å². The molecule has 136 valence electrons. The normalized spacial score (nSPS) is 19.2. The van der Waals surface area contributed by atoms with Crippen LogP contribution < -0.4 is 4.74 Å². The maximum absolute atomic E-state index is 6.50. The van der Waals surface area contributed by atoms with Gasteiger partial charge in [-0.15, -0.1) is 0 Å². The van der Waals surface area contributed by atoms with Gasteiger partial charge in [0.15, 0.2) is 0 Å². The lowest BCUT2D eigenvalue weighted by Crippen LogP contribution is -2.31. The van der Waals surface area contributed by atoms with Crippen molar-refractivity contribution in [3.63, 3.8) is 0 Å². The average Bonchev–Trinajstić information content (AvgIpc) is 2.61. The lowest BCUT2D eigenvalue weighted by atomic mass is 9.93. The van der Waals surface area contributed by atoms with Crippen LogP contribution >= 0.6 is 0 Å². The molecular weight excluding hydrogens is 316 g/mol. The van der Waals surface area contributed by atoms with Crippen LogP contribution in [-0.4, -0.2) is 5.60 Å². The zero-order valence-corrected chi connectivity index (χ0v) is 16.5. The number of allylic oxidation sites excluding steroid dienone is 4. The van der Waals surface area contributed by atoms with Crippen molar-refractivity contribution < 1.29 is 4.74 Å². The topological polar surface area (TPSA) is 9.23 Å². The number of hydrogen-bond donors (Lipinski definition) is 0. The lowest BCUT2D eigenvalue weighted by Gasteiger charge is -2.32. The third-order valence-electron chi connectivity index (χ3n) is 5.09. The monoisotopic (exact) mass is 346 g/mol. The molecule has 26 heavy (non-hydrogen) atoms. The molecule has 0 saturated heterocycles. The summed E-state index contributed by atoms with van der Waals surface area (Å²) in [6, 6.07) is 12.8. The van der Waals surface area contributed by atoms with Crippen molar-refractivity contribution in [1.29, 1.82) is 0 Å². The van der Waals surface area contributed by atoms with E-state index in [1.807, 2.05) is 0 Å². The van der Waals surface area contributed by atoms with E-state index < -0.39 is 0 Å². The van der Waals surface area contributed by atoms with Crippen molar-refractivity contribution in [2.75, 3.05) is 0 Å². The molecule has 1 atom stereocenters. The van der Waals surface area contributed by atoms with E-state index in [2.05, 4.69) is 88.4 Å². The summed E-state index contributed by atoms with van der Waals surface area (Å²) >= 11 is 0. The van der Waals surface area contributed by atoms with Crippen LogP contribution in [0.15, 0.2) is 65.8 Å². The van der Waals surface area contributed by atoms with Gasteiger partial charge in [0.1, 0.15) is 11.4 Å². The molecule has 2 aromatic rings. The molecule has 0 radical (unpaired) electrons. The van der Waals surface area contributed by atoms with Crippen molar-refractivity contribution >= 4 is 16.8 Å². The van der Waals surface area contributed by atoms with Gasteiger partial charge in [-0.05, 0) is 64.8 Å². The van der Waals surface area contributed by atoms with E-state index in [4.69, 9.17) is 4.74 Å². The Bertz CT molecular complexity index is 865. The Morgan fingerprint density at radius 3 is 2.62 bits per heavy atom. The molecule has 1 heterocycles. The highest BCUT2D eigenvalue weighted by molar-refractivity contribution is 5.92. The van der Waals surface area contributed by atoms with Gasteiger partial charge in [0.25, 0.3) is 0 Å². The van der Waals surface area contributed by atoms with Gasteiger partial charge < -0.3 is 4.74 Å². The summed E-state index contributed by atoms with van der Waals surface area (Å²) in [6.07, 6.45) is 13.4.